The Balaban J connectivity index is 1.28. The molecular weight excluding hydrogens is 520 g/mol. The van der Waals surface area contributed by atoms with Gasteiger partial charge >= 0.3 is 0 Å². The molecule has 1 saturated carbocycles. The number of anilines is 2. The first-order chi connectivity index (χ1) is 18.9. The lowest BCUT2D eigenvalue weighted by atomic mass is 10.1. The largest absolute Gasteiger partial charge is 0.454 e. The van der Waals surface area contributed by atoms with E-state index >= 15 is 0 Å². The Hall–Kier alpha value is -3.99. The predicted octanol–water partition coefficient (Wildman–Crippen LogP) is 3.13. The maximum absolute atomic E-state index is 13.5. The van der Waals surface area contributed by atoms with Gasteiger partial charge in [-0.05, 0) is 44.0 Å². The number of nitrogens with one attached hydrogen (secondary N) is 2. The van der Waals surface area contributed by atoms with Crippen molar-refractivity contribution in [2.45, 2.75) is 44.7 Å². The van der Waals surface area contributed by atoms with Gasteiger partial charge in [-0.1, -0.05) is 31.0 Å². The summed E-state index contributed by atoms with van der Waals surface area (Å²) in [6, 6.07) is 13.4. The van der Waals surface area contributed by atoms with E-state index in [0.29, 0.717) is 22.9 Å². The van der Waals surface area contributed by atoms with Crippen molar-refractivity contribution in [1.82, 2.24) is 10.3 Å². The van der Waals surface area contributed by atoms with Gasteiger partial charge in [0.15, 0.2) is 11.5 Å². The zero-order valence-corrected chi connectivity index (χ0v) is 22.4. The van der Waals surface area contributed by atoms with Crippen LogP contribution in [0.1, 0.15) is 32.6 Å². The van der Waals surface area contributed by atoms with Crippen LogP contribution >= 0.6 is 0 Å². The molecule has 0 saturated heterocycles. The maximum Gasteiger partial charge on any atom is 0.243 e. The molecule has 1 aliphatic heterocycles. The summed E-state index contributed by atoms with van der Waals surface area (Å²) in [5, 5.41) is 6.52. The summed E-state index contributed by atoms with van der Waals surface area (Å²) in [4.78, 5) is 45.0. The molecule has 10 nitrogen and oxygen atoms in total. The zero-order valence-electron chi connectivity index (χ0n) is 21.6. The number of rotatable bonds is 9. The summed E-state index contributed by atoms with van der Waals surface area (Å²) < 4.78 is 23.5. The van der Waals surface area contributed by atoms with Crippen molar-refractivity contribution < 1.29 is 28.1 Å². The van der Waals surface area contributed by atoms with E-state index in [4.69, 9.17) is 9.47 Å². The highest BCUT2D eigenvalue weighted by Crippen LogP contribution is 2.34. The molecule has 2 N–H and O–H groups in total. The lowest BCUT2D eigenvalue weighted by molar-refractivity contribution is -0.125. The van der Waals surface area contributed by atoms with Gasteiger partial charge in [-0.2, -0.15) is 0 Å². The molecule has 0 spiro atoms. The Bertz CT molecular complexity index is 1420. The van der Waals surface area contributed by atoms with Crippen LogP contribution in [-0.4, -0.2) is 57.3 Å². The number of para-hydroxylation sites is 1. The summed E-state index contributed by atoms with van der Waals surface area (Å²) in [6.07, 6.45) is 5.47. The lowest BCUT2D eigenvalue weighted by Gasteiger charge is -2.29. The van der Waals surface area contributed by atoms with Crippen LogP contribution < -0.4 is 25.0 Å². The zero-order chi connectivity index (χ0) is 27.4. The molecule has 1 aromatic heterocycles. The number of carbonyl (C=O) groups is 3. The van der Waals surface area contributed by atoms with Gasteiger partial charge in [0.05, 0.1) is 17.4 Å². The standard InChI is InChI=1S/C28H30N4O6S/c1-18(28(35)31-20-7-3-4-8-20)32(22-12-19-6-2-5-9-23(19)29-14-22)27(34)16-39(36)15-26(33)30-21-10-11-24-25(13-21)38-17-37-24/h2,5-6,9-14,18,20H,3-4,7-8,15-17H2,1H3,(H,30,33)(H,31,35)/t18-,39+/m0/s1. The lowest BCUT2D eigenvalue weighted by Crippen LogP contribution is -2.51. The van der Waals surface area contributed by atoms with Crippen molar-refractivity contribution >= 4 is 50.8 Å². The van der Waals surface area contributed by atoms with Gasteiger partial charge in [-0.3, -0.25) is 28.5 Å². The van der Waals surface area contributed by atoms with Crippen molar-refractivity contribution in [3.8, 4) is 11.5 Å². The number of benzene rings is 2. The molecule has 1 aliphatic carbocycles. The van der Waals surface area contributed by atoms with Gasteiger partial charge in [-0.25, -0.2) is 0 Å². The Morgan fingerprint density at radius 1 is 1.05 bits per heavy atom. The fraction of sp³-hybridized carbons (Fsp3) is 0.357. The third-order valence-corrected chi connectivity index (χ3v) is 7.98. The highest BCUT2D eigenvalue weighted by Gasteiger charge is 2.31. The minimum absolute atomic E-state index is 0.0839. The molecule has 3 amide bonds. The summed E-state index contributed by atoms with van der Waals surface area (Å²) in [6.45, 7) is 1.76. The molecule has 204 valence electrons. The predicted molar refractivity (Wildman–Crippen MR) is 148 cm³/mol. The molecule has 2 heterocycles. The topological polar surface area (TPSA) is 127 Å². The van der Waals surface area contributed by atoms with Crippen LogP contribution in [0.15, 0.2) is 54.7 Å². The van der Waals surface area contributed by atoms with Crippen LogP contribution in [0.4, 0.5) is 11.4 Å². The van der Waals surface area contributed by atoms with Gasteiger partial charge in [0.1, 0.15) is 17.5 Å². The van der Waals surface area contributed by atoms with Gasteiger partial charge in [-0.15, -0.1) is 0 Å². The van der Waals surface area contributed by atoms with Crippen molar-refractivity contribution in [1.29, 1.82) is 0 Å². The molecule has 0 bridgehead atoms. The number of hydrogen-bond donors (Lipinski definition) is 2. The Morgan fingerprint density at radius 3 is 2.64 bits per heavy atom. The van der Waals surface area contributed by atoms with E-state index in [-0.39, 0.29) is 24.5 Å². The number of amides is 3. The number of ether oxygens (including phenoxy) is 2. The second-order valence-corrected chi connectivity index (χ2v) is 11.1. The Morgan fingerprint density at radius 2 is 1.82 bits per heavy atom. The molecule has 39 heavy (non-hydrogen) atoms. The van der Waals surface area contributed by atoms with Crippen LogP contribution in [0.5, 0.6) is 11.5 Å². The smallest absolute Gasteiger partial charge is 0.243 e. The number of hydrogen-bond acceptors (Lipinski definition) is 7. The number of nitrogens with zero attached hydrogens (tertiary/aromatic N) is 2. The van der Waals surface area contributed by atoms with Gasteiger partial charge in [0.25, 0.3) is 0 Å². The third-order valence-electron chi connectivity index (χ3n) is 6.82. The van der Waals surface area contributed by atoms with E-state index in [1.54, 1.807) is 31.2 Å². The van der Waals surface area contributed by atoms with Crippen molar-refractivity contribution in [3.63, 3.8) is 0 Å². The normalized spacial score (nSPS) is 16.0. The van der Waals surface area contributed by atoms with Gasteiger partial charge < -0.3 is 20.1 Å². The van der Waals surface area contributed by atoms with E-state index in [2.05, 4.69) is 15.6 Å². The van der Waals surface area contributed by atoms with E-state index in [0.717, 1.165) is 36.6 Å². The number of pyridine rings is 1. The molecule has 11 heteroatoms. The summed E-state index contributed by atoms with van der Waals surface area (Å²) in [7, 11) is -1.82. The second kappa shape index (κ2) is 11.8. The SMILES string of the molecule is C[C@@H](C(=O)NC1CCCC1)N(C(=O)C[S@](=O)CC(=O)Nc1ccc2c(c1)OCO2)c1cnc2ccccc2c1. The first-order valence-corrected chi connectivity index (χ1v) is 14.4. The molecular formula is C28H30N4O6S. The van der Waals surface area contributed by atoms with Crippen LogP contribution in [-0.2, 0) is 25.2 Å². The van der Waals surface area contributed by atoms with E-state index in [1.807, 2.05) is 24.3 Å². The second-order valence-electron chi connectivity index (χ2n) is 9.66. The first-order valence-electron chi connectivity index (χ1n) is 12.9. The third kappa shape index (κ3) is 6.36. The molecule has 1 fully saturated rings. The minimum Gasteiger partial charge on any atom is -0.454 e. The quantitative estimate of drug-likeness (QED) is 0.419. The first kappa shape index (κ1) is 26.6. The van der Waals surface area contributed by atoms with Crippen molar-refractivity contribution in [3.05, 3.63) is 54.7 Å². The average molecular weight is 551 g/mol. The molecule has 5 rings (SSSR count). The van der Waals surface area contributed by atoms with Gasteiger partial charge in [0, 0.05) is 34.0 Å². The van der Waals surface area contributed by atoms with Crippen molar-refractivity contribution in [2.24, 2.45) is 0 Å². The summed E-state index contributed by atoms with van der Waals surface area (Å²) in [5.74, 6) is -1.05. The van der Waals surface area contributed by atoms with Crippen molar-refractivity contribution in [2.75, 3.05) is 28.5 Å². The summed E-state index contributed by atoms with van der Waals surface area (Å²) in [5.41, 5.74) is 1.64. The molecule has 0 unspecified atom stereocenters. The molecule has 2 aliphatic rings. The molecule has 2 atom stereocenters. The van der Waals surface area contributed by atoms with Crippen LogP contribution in [0, 0.1) is 0 Å². The maximum atomic E-state index is 13.5. The molecule has 2 aromatic carbocycles. The Labute approximate surface area is 228 Å². The Kier molecular flexibility index (Phi) is 8.06. The van der Waals surface area contributed by atoms with E-state index in [1.165, 1.54) is 11.1 Å². The van der Waals surface area contributed by atoms with Crippen LogP contribution in [0.3, 0.4) is 0 Å². The fourth-order valence-electron chi connectivity index (χ4n) is 4.86. The monoisotopic (exact) mass is 550 g/mol. The van der Waals surface area contributed by atoms with E-state index in [9.17, 15) is 18.6 Å². The van der Waals surface area contributed by atoms with Crippen LogP contribution in [0.25, 0.3) is 10.9 Å². The highest BCUT2D eigenvalue weighted by atomic mass is 32.2. The molecule has 0 radical (unpaired) electrons. The summed E-state index contributed by atoms with van der Waals surface area (Å²) >= 11 is 0. The average Bonchev–Trinajstić information content (AvgIpc) is 3.60. The van der Waals surface area contributed by atoms with Gasteiger partial charge in [0.2, 0.25) is 24.5 Å². The molecule has 3 aromatic rings. The highest BCUT2D eigenvalue weighted by molar-refractivity contribution is 7.86. The number of aromatic nitrogens is 1. The number of fused-ring (bicyclic) bond motifs is 2. The minimum atomic E-state index is -1.82. The van der Waals surface area contributed by atoms with Crippen LogP contribution in [0.2, 0.25) is 0 Å². The fourth-order valence-corrected chi connectivity index (χ4v) is 5.74. The number of carbonyl (C=O) groups excluding carboxylic acids is 3. The van der Waals surface area contributed by atoms with E-state index < -0.39 is 34.4 Å².